The molecule has 0 saturated heterocycles. The monoisotopic (exact) mass is 306 g/mol. The summed E-state index contributed by atoms with van der Waals surface area (Å²) in [6.45, 7) is 6.24. The van der Waals surface area contributed by atoms with Gasteiger partial charge in [-0.1, -0.05) is 0 Å². The number of hydrogen-bond acceptors (Lipinski definition) is 4. The first-order chi connectivity index (χ1) is 10.3. The van der Waals surface area contributed by atoms with Crippen molar-refractivity contribution in [1.82, 2.24) is 29.5 Å². The van der Waals surface area contributed by atoms with E-state index in [-0.39, 0.29) is 22.5 Å². The fraction of sp³-hybridized carbons (Fsp3) is 0.714. The van der Waals surface area contributed by atoms with Gasteiger partial charge in [-0.15, -0.1) is 0 Å². The lowest BCUT2D eigenvalue weighted by atomic mass is 9.70. The molecular formula is C14H22N6O2. The predicted octanol–water partition coefficient (Wildman–Crippen LogP) is 0.797. The summed E-state index contributed by atoms with van der Waals surface area (Å²) in [5.74, 6) is 0.360. The quantitative estimate of drug-likeness (QED) is 0.875. The number of aromatic amines is 2. The Hall–Kier alpha value is -2.12. The van der Waals surface area contributed by atoms with Crippen LogP contribution in [-0.4, -0.2) is 29.5 Å². The number of hydrogen-bond donors (Lipinski definition) is 2. The number of nitrogens with zero attached hydrogens (tertiary/aromatic N) is 4. The molecule has 0 unspecified atom stereocenters. The Bertz CT molecular complexity index is 756. The third kappa shape index (κ3) is 2.22. The first-order valence-electron chi connectivity index (χ1n) is 7.59. The maximum atomic E-state index is 11.9. The highest BCUT2D eigenvalue weighted by atomic mass is 16.2. The van der Waals surface area contributed by atoms with E-state index in [9.17, 15) is 9.59 Å². The summed E-state index contributed by atoms with van der Waals surface area (Å²) < 4.78 is 3.37. The van der Waals surface area contributed by atoms with Gasteiger partial charge in [0, 0.05) is 11.1 Å². The van der Waals surface area contributed by atoms with Crippen molar-refractivity contribution in [3.8, 4) is 0 Å². The van der Waals surface area contributed by atoms with E-state index in [1.54, 1.807) is 21.8 Å². The fourth-order valence-electron chi connectivity index (χ4n) is 3.68. The molecule has 0 aromatic carbocycles. The molecule has 8 heteroatoms. The molecule has 2 N–H and O–H groups in total. The Morgan fingerprint density at radius 2 is 1.73 bits per heavy atom. The van der Waals surface area contributed by atoms with Crippen LogP contribution in [0.15, 0.2) is 22.2 Å². The van der Waals surface area contributed by atoms with E-state index in [1.807, 2.05) is 0 Å². The van der Waals surface area contributed by atoms with Crippen LogP contribution in [0, 0.1) is 5.92 Å². The molecule has 2 heterocycles. The van der Waals surface area contributed by atoms with Crippen LogP contribution in [0.2, 0.25) is 0 Å². The van der Waals surface area contributed by atoms with E-state index in [2.05, 4.69) is 41.2 Å². The van der Waals surface area contributed by atoms with Gasteiger partial charge in [0.15, 0.2) is 0 Å². The molecule has 1 aliphatic rings. The summed E-state index contributed by atoms with van der Waals surface area (Å²) in [5.41, 5.74) is -0.846. The Kier molecular flexibility index (Phi) is 3.34. The molecule has 0 atom stereocenters. The number of H-pyrrole nitrogens is 2. The minimum Gasteiger partial charge on any atom is -0.276 e. The zero-order chi connectivity index (χ0) is 16.0. The topological polar surface area (TPSA) is 101 Å². The first-order valence-corrected chi connectivity index (χ1v) is 7.59. The third-order valence-corrected chi connectivity index (χ3v) is 5.37. The van der Waals surface area contributed by atoms with Crippen molar-refractivity contribution in [2.45, 2.75) is 57.5 Å². The highest BCUT2D eigenvalue weighted by Crippen LogP contribution is 2.42. The Morgan fingerprint density at radius 3 is 2.23 bits per heavy atom. The molecule has 0 amide bonds. The van der Waals surface area contributed by atoms with Crippen LogP contribution >= 0.6 is 0 Å². The van der Waals surface area contributed by atoms with Crippen molar-refractivity contribution < 1.29 is 0 Å². The number of rotatable bonds is 3. The Labute approximate surface area is 127 Å². The zero-order valence-corrected chi connectivity index (χ0v) is 13.2. The van der Waals surface area contributed by atoms with Crippen molar-refractivity contribution in [1.29, 1.82) is 0 Å². The third-order valence-electron chi connectivity index (χ3n) is 5.37. The normalized spacial score (nSPS) is 26.2. The highest BCUT2D eigenvalue weighted by molar-refractivity contribution is 4.96. The van der Waals surface area contributed by atoms with Crippen LogP contribution in [0.1, 0.15) is 46.5 Å². The lowest BCUT2D eigenvalue weighted by Gasteiger charge is -2.43. The van der Waals surface area contributed by atoms with Crippen molar-refractivity contribution in [3.63, 3.8) is 0 Å². The lowest BCUT2D eigenvalue weighted by Crippen LogP contribution is -2.46. The number of aromatic nitrogens is 6. The molecule has 0 radical (unpaired) electrons. The summed E-state index contributed by atoms with van der Waals surface area (Å²) in [6.07, 6.45) is 6.79. The van der Waals surface area contributed by atoms with Crippen molar-refractivity contribution in [2.24, 2.45) is 5.92 Å². The Balaban J connectivity index is 1.80. The summed E-state index contributed by atoms with van der Waals surface area (Å²) in [4.78, 5) is 23.7. The lowest BCUT2D eigenvalue weighted by molar-refractivity contribution is 0.0942. The van der Waals surface area contributed by atoms with Gasteiger partial charge in [0.2, 0.25) is 0 Å². The first kappa shape index (κ1) is 14.8. The molecule has 0 aliphatic heterocycles. The van der Waals surface area contributed by atoms with Gasteiger partial charge in [0.1, 0.15) is 12.7 Å². The molecule has 2 aromatic rings. The molecule has 1 fully saturated rings. The van der Waals surface area contributed by atoms with Crippen LogP contribution in [0.4, 0.5) is 0 Å². The second-order valence-corrected chi connectivity index (χ2v) is 6.99. The molecule has 22 heavy (non-hydrogen) atoms. The van der Waals surface area contributed by atoms with Crippen molar-refractivity contribution in [3.05, 3.63) is 33.6 Å². The maximum absolute atomic E-state index is 11.9. The van der Waals surface area contributed by atoms with Crippen LogP contribution < -0.4 is 11.4 Å². The van der Waals surface area contributed by atoms with Gasteiger partial charge in [-0.2, -0.15) is 10.2 Å². The Morgan fingerprint density at radius 1 is 1.14 bits per heavy atom. The summed E-state index contributed by atoms with van der Waals surface area (Å²) in [7, 11) is 0. The van der Waals surface area contributed by atoms with E-state index in [4.69, 9.17) is 0 Å². The summed E-state index contributed by atoms with van der Waals surface area (Å²) >= 11 is 0. The van der Waals surface area contributed by atoms with E-state index >= 15 is 0 Å². The van der Waals surface area contributed by atoms with Gasteiger partial charge in [-0.25, -0.2) is 19.8 Å². The predicted molar refractivity (Wildman–Crippen MR) is 80.6 cm³/mol. The molecule has 1 aliphatic carbocycles. The fourth-order valence-corrected chi connectivity index (χ4v) is 3.68. The molecule has 120 valence electrons. The summed E-state index contributed by atoms with van der Waals surface area (Å²) in [5, 5.41) is 12.6. The molecule has 2 aromatic heterocycles. The summed E-state index contributed by atoms with van der Waals surface area (Å²) in [6, 6.07) is 0. The molecule has 8 nitrogen and oxygen atoms in total. The van der Waals surface area contributed by atoms with E-state index in [0.29, 0.717) is 5.92 Å². The second-order valence-electron chi connectivity index (χ2n) is 6.99. The van der Waals surface area contributed by atoms with Gasteiger partial charge >= 0.3 is 11.4 Å². The van der Waals surface area contributed by atoms with Crippen LogP contribution in [0.25, 0.3) is 0 Å². The minimum atomic E-state index is -0.299. The molecule has 0 spiro atoms. The van der Waals surface area contributed by atoms with Crippen LogP contribution in [0.5, 0.6) is 0 Å². The standard InChI is InChI=1S/C14H22N6O2/c1-13(2,19-8-15-17-11(19)21)10-4-6-14(3,7-5-10)20-9-16-18-12(20)22/h8-10H,4-7H2,1-3H3,(H,17,21)(H,18,22). The SMILES string of the molecule is CC1(n2cn[nH]c2=O)CCC(C(C)(C)n2cn[nH]c2=O)CC1. The molecule has 0 bridgehead atoms. The highest BCUT2D eigenvalue weighted by Gasteiger charge is 2.40. The smallest absolute Gasteiger partial charge is 0.276 e. The van der Waals surface area contributed by atoms with Gasteiger partial charge in [0.25, 0.3) is 0 Å². The van der Waals surface area contributed by atoms with Gasteiger partial charge in [-0.3, -0.25) is 9.13 Å². The van der Waals surface area contributed by atoms with E-state index < -0.39 is 0 Å². The van der Waals surface area contributed by atoms with E-state index in [0.717, 1.165) is 25.7 Å². The van der Waals surface area contributed by atoms with Gasteiger partial charge < -0.3 is 0 Å². The van der Waals surface area contributed by atoms with Crippen molar-refractivity contribution in [2.75, 3.05) is 0 Å². The molecule has 3 rings (SSSR count). The van der Waals surface area contributed by atoms with Gasteiger partial charge in [-0.05, 0) is 52.4 Å². The maximum Gasteiger partial charge on any atom is 0.343 e. The molecular weight excluding hydrogens is 284 g/mol. The largest absolute Gasteiger partial charge is 0.343 e. The van der Waals surface area contributed by atoms with Gasteiger partial charge in [0.05, 0.1) is 0 Å². The zero-order valence-electron chi connectivity index (χ0n) is 13.2. The second kappa shape index (κ2) is 4.96. The average molecular weight is 306 g/mol. The van der Waals surface area contributed by atoms with E-state index in [1.165, 1.54) is 0 Å². The minimum absolute atomic E-state index is 0.161. The van der Waals surface area contributed by atoms with Crippen LogP contribution in [-0.2, 0) is 11.1 Å². The number of nitrogens with one attached hydrogen (secondary N) is 2. The van der Waals surface area contributed by atoms with Crippen LogP contribution in [0.3, 0.4) is 0 Å². The average Bonchev–Trinajstić information content (AvgIpc) is 3.08. The van der Waals surface area contributed by atoms with Crippen molar-refractivity contribution >= 4 is 0 Å². The molecule has 1 saturated carbocycles.